The third kappa shape index (κ3) is 3.65. The first kappa shape index (κ1) is 27.7. The Bertz CT molecular complexity index is 3230. The molecule has 1 aliphatic rings. The molecule has 4 heterocycles. The molecule has 0 N–H and O–H groups in total. The summed E-state index contributed by atoms with van der Waals surface area (Å²) >= 11 is 0. The molecule has 1 aliphatic heterocycles. The van der Waals surface area contributed by atoms with Crippen LogP contribution in [0.2, 0.25) is 0 Å². The molecule has 242 valence electrons. The maximum absolute atomic E-state index is 6.42. The molecule has 0 saturated heterocycles. The van der Waals surface area contributed by atoms with Gasteiger partial charge in [-0.2, -0.15) is 0 Å². The van der Waals surface area contributed by atoms with Gasteiger partial charge in [0.2, 0.25) is 0 Å². The number of hydrogen-bond acceptors (Lipinski definition) is 1. The zero-order valence-corrected chi connectivity index (χ0v) is 28.0. The van der Waals surface area contributed by atoms with Gasteiger partial charge in [0, 0.05) is 49.3 Å². The van der Waals surface area contributed by atoms with E-state index in [0.29, 0.717) is 0 Å². The van der Waals surface area contributed by atoms with Gasteiger partial charge in [-0.3, -0.25) is 0 Å². The van der Waals surface area contributed by atoms with Crippen LogP contribution in [0.25, 0.3) is 93.6 Å². The van der Waals surface area contributed by atoms with E-state index in [1.165, 1.54) is 71.0 Å². The minimum atomic E-state index is 0.870. The Morgan fingerprint density at radius 3 is 1.62 bits per heavy atom. The lowest BCUT2D eigenvalue weighted by atomic mass is 10.0. The fourth-order valence-corrected chi connectivity index (χ4v) is 8.88. The van der Waals surface area contributed by atoms with Gasteiger partial charge in [-0.05, 0) is 72.3 Å². The molecule has 0 bridgehead atoms. The van der Waals surface area contributed by atoms with E-state index in [9.17, 15) is 0 Å². The smallest absolute Gasteiger partial charge is 0.152 e. The van der Waals surface area contributed by atoms with Gasteiger partial charge in [-0.25, -0.2) is 0 Å². The van der Waals surface area contributed by atoms with Crippen LogP contribution in [-0.2, 0) is 0 Å². The highest BCUT2D eigenvalue weighted by Crippen LogP contribution is 2.47. The van der Waals surface area contributed by atoms with Crippen LogP contribution in [-0.4, -0.2) is 13.7 Å². The number of ether oxygens (including phenoxy) is 1. The molecule has 0 radical (unpaired) electrons. The molecule has 0 aliphatic carbocycles. The van der Waals surface area contributed by atoms with Gasteiger partial charge in [0.25, 0.3) is 0 Å². The van der Waals surface area contributed by atoms with Crippen LogP contribution in [0, 0.1) is 0 Å². The molecule has 8 aromatic carbocycles. The predicted octanol–water partition coefficient (Wildman–Crippen LogP) is 12.8. The quantitative estimate of drug-likeness (QED) is 0.185. The van der Waals surface area contributed by atoms with Gasteiger partial charge in [-0.15, -0.1) is 0 Å². The maximum atomic E-state index is 6.42. The molecule has 3 aromatic heterocycles. The summed E-state index contributed by atoms with van der Waals surface area (Å²) in [6.07, 6.45) is 0. The number of rotatable bonds is 3. The van der Waals surface area contributed by atoms with Gasteiger partial charge in [-0.1, -0.05) is 109 Å². The highest BCUT2D eigenvalue weighted by molar-refractivity contribution is 6.16. The van der Waals surface area contributed by atoms with E-state index in [2.05, 4.69) is 184 Å². The highest BCUT2D eigenvalue weighted by atomic mass is 16.5. The minimum absolute atomic E-state index is 0.870. The van der Waals surface area contributed by atoms with Gasteiger partial charge in [0.15, 0.2) is 11.5 Å². The van der Waals surface area contributed by atoms with Gasteiger partial charge in [0.05, 0.1) is 38.8 Å². The SMILES string of the molecule is c1cc(-c2cccc3c4cccc5c4n(c23)-c2ccccc2O5)cc(-n2c3ccccc3c3cc(-n4c5ccccc5c5ccccc54)ccc32)c1. The molecule has 0 fully saturated rings. The molecular weight excluding hydrogens is 635 g/mol. The van der Waals surface area contributed by atoms with Crippen LogP contribution >= 0.6 is 0 Å². The summed E-state index contributed by atoms with van der Waals surface area (Å²) in [6.45, 7) is 0. The monoisotopic (exact) mass is 663 g/mol. The van der Waals surface area contributed by atoms with E-state index < -0.39 is 0 Å². The predicted molar refractivity (Wildman–Crippen MR) is 215 cm³/mol. The second-order valence-electron chi connectivity index (χ2n) is 13.7. The summed E-state index contributed by atoms with van der Waals surface area (Å²) in [6, 6.07) is 63.5. The van der Waals surface area contributed by atoms with Crippen molar-refractivity contribution in [2.45, 2.75) is 0 Å². The molecular formula is C48H29N3O. The topological polar surface area (TPSA) is 24.0 Å². The Hall–Kier alpha value is -7.04. The van der Waals surface area contributed by atoms with Crippen LogP contribution in [0.5, 0.6) is 11.5 Å². The van der Waals surface area contributed by atoms with Crippen molar-refractivity contribution >= 4 is 65.4 Å². The van der Waals surface area contributed by atoms with Crippen LogP contribution in [0.4, 0.5) is 0 Å². The average molecular weight is 664 g/mol. The van der Waals surface area contributed by atoms with Gasteiger partial charge < -0.3 is 18.4 Å². The zero-order valence-electron chi connectivity index (χ0n) is 28.0. The number of fused-ring (bicyclic) bond motifs is 11. The summed E-state index contributed by atoms with van der Waals surface area (Å²) in [5.74, 6) is 1.76. The van der Waals surface area contributed by atoms with Crippen molar-refractivity contribution in [3.8, 4) is 39.7 Å². The van der Waals surface area contributed by atoms with E-state index >= 15 is 0 Å². The van der Waals surface area contributed by atoms with Crippen molar-refractivity contribution in [2.24, 2.45) is 0 Å². The summed E-state index contributed by atoms with van der Waals surface area (Å²) in [5.41, 5.74) is 12.8. The van der Waals surface area contributed by atoms with Crippen molar-refractivity contribution in [3.63, 3.8) is 0 Å². The first-order valence-corrected chi connectivity index (χ1v) is 17.8. The Balaban J connectivity index is 1.09. The molecule has 0 spiro atoms. The lowest BCUT2D eigenvalue weighted by Gasteiger charge is -2.21. The molecule has 52 heavy (non-hydrogen) atoms. The van der Waals surface area contributed by atoms with E-state index in [1.54, 1.807) is 0 Å². The van der Waals surface area contributed by atoms with E-state index in [4.69, 9.17) is 4.74 Å². The summed E-state index contributed by atoms with van der Waals surface area (Å²) in [4.78, 5) is 0. The van der Waals surface area contributed by atoms with E-state index in [0.717, 1.165) is 34.1 Å². The average Bonchev–Trinajstić information content (AvgIpc) is 3.85. The Morgan fingerprint density at radius 1 is 0.327 bits per heavy atom. The van der Waals surface area contributed by atoms with Gasteiger partial charge in [0.1, 0.15) is 0 Å². The molecule has 4 nitrogen and oxygen atoms in total. The minimum Gasteiger partial charge on any atom is -0.453 e. The number of aromatic nitrogens is 3. The molecule has 0 unspecified atom stereocenters. The lowest BCUT2D eigenvalue weighted by Crippen LogP contribution is -2.04. The molecule has 0 saturated carbocycles. The second-order valence-corrected chi connectivity index (χ2v) is 13.7. The molecule has 0 atom stereocenters. The first-order valence-electron chi connectivity index (χ1n) is 17.8. The van der Waals surface area contributed by atoms with Crippen molar-refractivity contribution in [1.82, 2.24) is 13.7 Å². The van der Waals surface area contributed by atoms with Crippen LogP contribution in [0.3, 0.4) is 0 Å². The van der Waals surface area contributed by atoms with Crippen molar-refractivity contribution in [2.75, 3.05) is 0 Å². The van der Waals surface area contributed by atoms with E-state index in [1.807, 2.05) is 6.07 Å². The van der Waals surface area contributed by atoms with E-state index in [-0.39, 0.29) is 0 Å². The molecule has 4 heteroatoms. The summed E-state index contributed by atoms with van der Waals surface area (Å²) in [5, 5.41) is 7.42. The highest BCUT2D eigenvalue weighted by Gasteiger charge is 2.25. The number of para-hydroxylation sites is 7. The maximum Gasteiger partial charge on any atom is 0.152 e. The summed E-state index contributed by atoms with van der Waals surface area (Å²) in [7, 11) is 0. The fraction of sp³-hybridized carbons (Fsp3) is 0. The molecule has 12 rings (SSSR count). The second kappa shape index (κ2) is 10.3. The van der Waals surface area contributed by atoms with Crippen LogP contribution < -0.4 is 4.74 Å². The zero-order chi connectivity index (χ0) is 33.9. The number of nitrogens with zero attached hydrogens (tertiary/aromatic N) is 3. The third-order valence-corrected chi connectivity index (χ3v) is 11.0. The van der Waals surface area contributed by atoms with Crippen molar-refractivity contribution in [1.29, 1.82) is 0 Å². The summed E-state index contributed by atoms with van der Waals surface area (Å²) < 4.78 is 13.6. The van der Waals surface area contributed by atoms with Gasteiger partial charge >= 0.3 is 0 Å². The Morgan fingerprint density at radius 2 is 0.865 bits per heavy atom. The normalized spacial score (nSPS) is 12.4. The number of hydrogen-bond donors (Lipinski definition) is 0. The first-order chi connectivity index (χ1) is 25.8. The molecule has 0 amide bonds. The number of benzene rings is 8. The Labute approximate surface area is 298 Å². The van der Waals surface area contributed by atoms with Crippen LogP contribution in [0.1, 0.15) is 0 Å². The van der Waals surface area contributed by atoms with Crippen molar-refractivity contribution in [3.05, 3.63) is 176 Å². The van der Waals surface area contributed by atoms with Crippen molar-refractivity contribution < 1.29 is 4.74 Å². The fourth-order valence-electron chi connectivity index (χ4n) is 8.88. The van der Waals surface area contributed by atoms with Crippen LogP contribution in [0.15, 0.2) is 176 Å². The third-order valence-electron chi connectivity index (χ3n) is 11.0. The molecule has 11 aromatic rings. The standard InChI is InChI=1S/C48H29N3O/c1-4-20-40-34(14-1)35-15-2-5-21-41(35)50(40)32-26-27-43-39(29-32)36-16-3-6-22-42(36)49(43)31-13-9-12-30(28-31)33-17-10-18-37-38-19-11-25-46-48(38)51(47(33)37)44-23-7-8-24-45(44)52-46/h1-29H. The Kier molecular flexibility index (Phi) is 5.47. The lowest BCUT2D eigenvalue weighted by molar-refractivity contribution is 0.476. The largest absolute Gasteiger partial charge is 0.453 e.